The van der Waals surface area contributed by atoms with E-state index in [0.717, 1.165) is 68.3 Å². The number of aromatic nitrogens is 4. The monoisotopic (exact) mass is 577 g/mol. The molecule has 3 aromatic heterocycles. The minimum absolute atomic E-state index is 0.263. The van der Waals surface area contributed by atoms with Crippen LogP contribution < -0.4 is 10.6 Å². The van der Waals surface area contributed by atoms with E-state index < -0.39 is 0 Å². The number of allylic oxidation sites excluding steroid dienone is 4. The van der Waals surface area contributed by atoms with Gasteiger partial charge in [0.05, 0.1) is 11.0 Å². The molecule has 1 fully saturated rings. The number of benzene rings is 1. The molecule has 0 bridgehead atoms. The van der Waals surface area contributed by atoms with Gasteiger partial charge >= 0.3 is 0 Å². The minimum Gasteiger partial charge on any atom is -0.357 e. The number of hydrogen-bond acceptors (Lipinski definition) is 3. The maximum atomic E-state index is 13.5. The second kappa shape index (κ2) is 15.3. The lowest BCUT2D eigenvalue weighted by molar-refractivity contribution is 0.334. The van der Waals surface area contributed by atoms with Crippen molar-refractivity contribution in [2.75, 3.05) is 19.6 Å². The number of nitrogens with one attached hydrogen (secondary N) is 2. The van der Waals surface area contributed by atoms with Crippen molar-refractivity contribution in [2.45, 2.75) is 53.4 Å². The molecule has 1 aromatic carbocycles. The van der Waals surface area contributed by atoms with Gasteiger partial charge in [-0.1, -0.05) is 57.4 Å². The Morgan fingerprint density at radius 2 is 1.79 bits per heavy atom. The molecule has 4 aromatic rings. The van der Waals surface area contributed by atoms with Crippen molar-refractivity contribution in [2.24, 2.45) is 0 Å². The van der Waals surface area contributed by atoms with Gasteiger partial charge in [-0.05, 0) is 117 Å². The van der Waals surface area contributed by atoms with E-state index in [0.29, 0.717) is 0 Å². The molecular formula is C37H44FN5. The van der Waals surface area contributed by atoms with Crippen LogP contribution in [0.4, 0.5) is 4.39 Å². The topological polar surface area (TPSA) is 60.6 Å². The molecule has 0 unspecified atom stereocenters. The normalized spacial score (nSPS) is 14.6. The number of rotatable bonds is 10. The molecule has 1 aliphatic heterocycles. The van der Waals surface area contributed by atoms with Gasteiger partial charge in [0.1, 0.15) is 11.5 Å². The molecule has 0 aliphatic carbocycles. The molecule has 1 saturated heterocycles. The quantitative estimate of drug-likeness (QED) is 0.196. The molecule has 43 heavy (non-hydrogen) atoms. The van der Waals surface area contributed by atoms with Crippen molar-refractivity contribution in [3.8, 4) is 11.4 Å². The number of halogens is 1. The van der Waals surface area contributed by atoms with E-state index in [1.54, 1.807) is 18.2 Å². The Morgan fingerprint density at radius 1 is 1.05 bits per heavy atom. The van der Waals surface area contributed by atoms with Crippen LogP contribution in [0.2, 0.25) is 0 Å². The van der Waals surface area contributed by atoms with E-state index in [2.05, 4.69) is 63.4 Å². The van der Waals surface area contributed by atoms with Crippen molar-refractivity contribution >= 4 is 23.8 Å². The zero-order chi connectivity index (χ0) is 30.8. The molecule has 2 N–H and O–H groups in total. The summed E-state index contributed by atoms with van der Waals surface area (Å²) >= 11 is 0. The van der Waals surface area contributed by atoms with E-state index in [1.165, 1.54) is 50.2 Å². The van der Waals surface area contributed by atoms with Crippen LogP contribution in [0.15, 0.2) is 73.6 Å². The van der Waals surface area contributed by atoms with Crippen molar-refractivity contribution in [1.29, 1.82) is 0 Å². The maximum Gasteiger partial charge on any atom is 0.123 e. The number of H-pyrrole nitrogens is 2. The molecule has 4 heterocycles. The van der Waals surface area contributed by atoms with E-state index in [1.807, 2.05) is 45.3 Å². The van der Waals surface area contributed by atoms with Gasteiger partial charge in [0.15, 0.2) is 0 Å². The number of nitrogens with zero attached hydrogens (tertiary/aromatic N) is 3. The fraction of sp³-hybridized carbons (Fsp3) is 0.297. The van der Waals surface area contributed by atoms with Crippen molar-refractivity contribution in [3.05, 3.63) is 118 Å². The molecule has 0 saturated carbocycles. The summed E-state index contributed by atoms with van der Waals surface area (Å²) in [6, 6.07) is 10.8. The van der Waals surface area contributed by atoms with Crippen LogP contribution in [0.5, 0.6) is 0 Å². The van der Waals surface area contributed by atoms with Gasteiger partial charge in [-0.3, -0.25) is 10.1 Å². The largest absolute Gasteiger partial charge is 0.357 e. The van der Waals surface area contributed by atoms with Crippen LogP contribution >= 0.6 is 0 Å². The Hall–Kier alpha value is -4.29. The van der Waals surface area contributed by atoms with Crippen LogP contribution in [-0.4, -0.2) is 44.7 Å². The molecule has 1 aliphatic rings. The number of aryl methyl sites for hydroxylation is 2. The third kappa shape index (κ3) is 7.96. The maximum absolute atomic E-state index is 13.5. The SMILES string of the molecule is C=C/C=C(/c1ccc(F)cc1)c1cc(-c2n[nH]/c(=C/C=C(\C)c3cncc(CCCN4CCCC4)c3)c2=C)[nH]c1C.CC. The smallest absolute Gasteiger partial charge is 0.123 e. The van der Waals surface area contributed by atoms with Gasteiger partial charge < -0.3 is 9.88 Å². The second-order valence-electron chi connectivity index (χ2n) is 10.8. The molecular weight excluding hydrogens is 533 g/mol. The standard InChI is InChI=1S/C35H38FN5.C2H6/c1-5-9-31(28-12-14-30(36)15-13-28)32-21-34(38-26(32)4)35-25(3)33(39-40-35)16-11-24(2)29-20-27(22-37-23-29)10-8-19-41-17-6-7-18-41;1-2/h5,9,11-16,20-23,38-39H,1,3,6-8,10,17-19H2,2,4H3;1-2H3/b24-11+,31-9-,33-16+;. The van der Waals surface area contributed by atoms with Crippen LogP contribution in [0.1, 0.15) is 68.0 Å². The molecule has 5 rings (SSSR count). The highest BCUT2D eigenvalue weighted by Gasteiger charge is 2.15. The van der Waals surface area contributed by atoms with Gasteiger partial charge in [0.25, 0.3) is 0 Å². The summed E-state index contributed by atoms with van der Waals surface area (Å²) in [5.74, 6) is -0.263. The lowest BCUT2D eigenvalue weighted by atomic mass is 9.97. The van der Waals surface area contributed by atoms with Crippen LogP contribution in [-0.2, 0) is 6.42 Å². The molecule has 224 valence electrons. The van der Waals surface area contributed by atoms with Crippen LogP contribution in [0.25, 0.3) is 35.2 Å². The fourth-order valence-corrected chi connectivity index (χ4v) is 5.45. The lowest BCUT2D eigenvalue weighted by Crippen LogP contribution is -2.21. The number of aromatic amines is 2. The van der Waals surface area contributed by atoms with Gasteiger partial charge in [0.2, 0.25) is 0 Å². The highest BCUT2D eigenvalue weighted by atomic mass is 19.1. The van der Waals surface area contributed by atoms with Crippen LogP contribution in [0.3, 0.4) is 0 Å². The second-order valence-corrected chi connectivity index (χ2v) is 10.8. The van der Waals surface area contributed by atoms with Gasteiger partial charge in [0, 0.05) is 28.9 Å². The first-order valence-electron chi connectivity index (χ1n) is 15.3. The summed E-state index contributed by atoms with van der Waals surface area (Å²) in [4.78, 5) is 10.5. The zero-order valence-electron chi connectivity index (χ0n) is 26.0. The first-order valence-corrected chi connectivity index (χ1v) is 15.3. The van der Waals surface area contributed by atoms with Crippen LogP contribution in [0, 0.1) is 12.7 Å². The molecule has 0 radical (unpaired) electrons. The average Bonchev–Trinajstić information content (AvgIpc) is 3.77. The molecule has 5 nitrogen and oxygen atoms in total. The first kappa shape index (κ1) is 31.6. The lowest BCUT2D eigenvalue weighted by Gasteiger charge is -2.14. The van der Waals surface area contributed by atoms with Crippen molar-refractivity contribution in [1.82, 2.24) is 25.1 Å². The number of hydrogen-bond donors (Lipinski definition) is 2. The van der Waals surface area contributed by atoms with Gasteiger partial charge in [-0.25, -0.2) is 4.39 Å². The van der Waals surface area contributed by atoms with E-state index in [-0.39, 0.29) is 5.82 Å². The molecule has 6 heteroatoms. The van der Waals surface area contributed by atoms with Crippen molar-refractivity contribution in [3.63, 3.8) is 0 Å². The number of likely N-dealkylation sites (tertiary alicyclic amines) is 1. The highest BCUT2D eigenvalue weighted by Crippen LogP contribution is 2.29. The fourth-order valence-electron chi connectivity index (χ4n) is 5.45. The Labute approximate surface area is 255 Å². The van der Waals surface area contributed by atoms with Crippen molar-refractivity contribution < 1.29 is 4.39 Å². The Morgan fingerprint density at radius 3 is 2.51 bits per heavy atom. The van der Waals surface area contributed by atoms with E-state index >= 15 is 0 Å². The zero-order valence-corrected chi connectivity index (χ0v) is 26.0. The summed E-state index contributed by atoms with van der Waals surface area (Å²) in [6.07, 6.45) is 16.6. The van der Waals surface area contributed by atoms with E-state index in [4.69, 9.17) is 0 Å². The minimum atomic E-state index is -0.263. The molecule has 0 spiro atoms. The summed E-state index contributed by atoms with van der Waals surface area (Å²) in [7, 11) is 0. The predicted octanol–water partition coefficient (Wildman–Crippen LogP) is 7.21. The Balaban J connectivity index is 0.00000207. The Bertz CT molecular complexity index is 1680. The predicted molar refractivity (Wildman–Crippen MR) is 179 cm³/mol. The average molecular weight is 578 g/mol. The third-order valence-corrected chi connectivity index (χ3v) is 7.79. The summed E-state index contributed by atoms with van der Waals surface area (Å²) in [5.41, 5.74) is 9.01. The third-order valence-electron chi connectivity index (χ3n) is 7.79. The first-order chi connectivity index (χ1) is 20.9. The summed E-state index contributed by atoms with van der Waals surface area (Å²) < 4.78 is 13.5. The van der Waals surface area contributed by atoms with Gasteiger partial charge in [-0.15, -0.1) is 0 Å². The molecule has 0 amide bonds. The highest BCUT2D eigenvalue weighted by molar-refractivity contribution is 5.84. The van der Waals surface area contributed by atoms with E-state index in [9.17, 15) is 4.39 Å². The number of pyridine rings is 1. The van der Waals surface area contributed by atoms with Gasteiger partial charge in [-0.2, -0.15) is 5.10 Å². The summed E-state index contributed by atoms with van der Waals surface area (Å²) in [6.45, 7) is 20.0. The summed E-state index contributed by atoms with van der Waals surface area (Å²) in [5, 5.41) is 9.38. The Kier molecular flexibility index (Phi) is 11.2. The molecule has 0 atom stereocenters.